The minimum atomic E-state index is -0.124. The normalized spacial score (nSPS) is 29.0. The minimum Gasteiger partial charge on any atom is -0.375 e. The van der Waals surface area contributed by atoms with E-state index >= 15 is 0 Å². The van der Waals surface area contributed by atoms with E-state index in [1.807, 2.05) is 0 Å². The van der Waals surface area contributed by atoms with E-state index in [-0.39, 0.29) is 5.60 Å². The SMILES string of the molecule is CCCC(C)(COC1CC(C)CCC1C(C)C)OCC(C)C. The fourth-order valence-electron chi connectivity index (χ4n) is 3.67. The minimum absolute atomic E-state index is 0.124. The Labute approximate surface area is 139 Å². The summed E-state index contributed by atoms with van der Waals surface area (Å²) in [5.74, 6) is 2.81. The summed E-state index contributed by atoms with van der Waals surface area (Å²) in [6.45, 7) is 17.5. The first-order valence-corrected chi connectivity index (χ1v) is 9.53. The van der Waals surface area contributed by atoms with E-state index in [1.54, 1.807) is 0 Å². The Balaban J connectivity index is 2.60. The molecule has 4 unspecified atom stereocenters. The second kappa shape index (κ2) is 9.27. The Kier molecular flexibility index (Phi) is 8.42. The Morgan fingerprint density at radius 2 is 1.82 bits per heavy atom. The molecule has 0 heterocycles. The zero-order valence-corrected chi connectivity index (χ0v) is 16.2. The lowest BCUT2D eigenvalue weighted by atomic mass is 9.75. The van der Waals surface area contributed by atoms with Crippen LogP contribution in [0.4, 0.5) is 0 Å². The number of rotatable bonds is 9. The van der Waals surface area contributed by atoms with Gasteiger partial charge in [0.2, 0.25) is 0 Å². The first kappa shape index (κ1) is 20.0. The average molecular weight is 313 g/mol. The predicted octanol–water partition coefficient (Wildman–Crippen LogP) is 5.70. The number of hydrogen-bond acceptors (Lipinski definition) is 2. The summed E-state index contributed by atoms with van der Waals surface area (Å²) in [4.78, 5) is 0. The van der Waals surface area contributed by atoms with Crippen molar-refractivity contribution in [3.05, 3.63) is 0 Å². The fraction of sp³-hybridized carbons (Fsp3) is 1.00. The molecule has 2 heteroatoms. The largest absolute Gasteiger partial charge is 0.375 e. The maximum Gasteiger partial charge on any atom is 0.0887 e. The zero-order chi connectivity index (χ0) is 16.8. The third-order valence-electron chi connectivity index (χ3n) is 5.11. The van der Waals surface area contributed by atoms with Gasteiger partial charge in [0.1, 0.15) is 0 Å². The lowest BCUT2D eigenvalue weighted by molar-refractivity contribution is -0.135. The maximum absolute atomic E-state index is 6.45. The van der Waals surface area contributed by atoms with Crippen LogP contribution < -0.4 is 0 Å². The highest BCUT2D eigenvalue weighted by molar-refractivity contribution is 4.83. The third kappa shape index (κ3) is 6.58. The second-order valence-electron chi connectivity index (χ2n) is 8.58. The maximum atomic E-state index is 6.45. The van der Waals surface area contributed by atoms with E-state index < -0.39 is 0 Å². The molecule has 0 aromatic carbocycles. The lowest BCUT2D eigenvalue weighted by Gasteiger charge is -2.39. The summed E-state index contributed by atoms with van der Waals surface area (Å²) >= 11 is 0. The van der Waals surface area contributed by atoms with Gasteiger partial charge in [0.15, 0.2) is 0 Å². The summed E-state index contributed by atoms with van der Waals surface area (Å²) in [6, 6.07) is 0. The van der Waals surface area contributed by atoms with Crippen LogP contribution in [-0.4, -0.2) is 24.9 Å². The van der Waals surface area contributed by atoms with Gasteiger partial charge in [-0.3, -0.25) is 0 Å². The fourth-order valence-corrected chi connectivity index (χ4v) is 3.67. The summed E-state index contributed by atoms with van der Waals surface area (Å²) in [5.41, 5.74) is -0.124. The van der Waals surface area contributed by atoms with Crippen LogP contribution in [0.3, 0.4) is 0 Å². The highest BCUT2D eigenvalue weighted by Crippen LogP contribution is 2.36. The molecule has 0 radical (unpaired) electrons. The lowest BCUT2D eigenvalue weighted by Crippen LogP contribution is -2.41. The van der Waals surface area contributed by atoms with Crippen LogP contribution >= 0.6 is 0 Å². The van der Waals surface area contributed by atoms with Crippen molar-refractivity contribution in [2.75, 3.05) is 13.2 Å². The van der Waals surface area contributed by atoms with E-state index in [1.165, 1.54) is 19.3 Å². The van der Waals surface area contributed by atoms with Gasteiger partial charge in [0, 0.05) is 6.61 Å². The van der Waals surface area contributed by atoms with Crippen LogP contribution in [0.15, 0.2) is 0 Å². The van der Waals surface area contributed by atoms with E-state index in [0.717, 1.165) is 32.0 Å². The van der Waals surface area contributed by atoms with Gasteiger partial charge in [0.05, 0.1) is 18.3 Å². The topological polar surface area (TPSA) is 18.5 Å². The van der Waals surface area contributed by atoms with Crippen LogP contribution in [0.25, 0.3) is 0 Å². The Bertz CT molecular complexity index is 300. The van der Waals surface area contributed by atoms with Gasteiger partial charge in [-0.05, 0) is 49.9 Å². The van der Waals surface area contributed by atoms with Crippen molar-refractivity contribution in [3.8, 4) is 0 Å². The van der Waals surface area contributed by atoms with Gasteiger partial charge in [-0.2, -0.15) is 0 Å². The monoisotopic (exact) mass is 312 g/mol. The van der Waals surface area contributed by atoms with Crippen LogP contribution in [0.2, 0.25) is 0 Å². The second-order valence-corrected chi connectivity index (χ2v) is 8.58. The Morgan fingerprint density at radius 3 is 2.36 bits per heavy atom. The highest BCUT2D eigenvalue weighted by atomic mass is 16.5. The molecule has 0 aromatic heterocycles. The zero-order valence-electron chi connectivity index (χ0n) is 16.2. The average Bonchev–Trinajstić information content (AvgIpc) is 2.43. The third-order valence-corrected chi connectivity index (χ3v) is 5.11. The molecule has 1 saturated carbocycles. The summed E-state index contributed by atoms with van der Waals surface area (Å²) in [6.07, 6.45) is 6.54. The van der Waals surface area contributed by atoms with Crippen molar-refractivity contribution in [2.45, 2.75) is 92.3 Å². The quantitative estimate of drug-likeness (QED) is 0.544. The molecule has 132 valence electrons. The number of hydrogen-bond donors (Lipinski definition) is 0. The van der Waals surface area contributed by atoms with Gasteiger partial charge in [-0.15, -0.1) is 0 Å². The molecule has 1 rings (SSSR count). The van der Waals surface area contributed by atoms with Gasteiger partial charge in [-0.25, -0.2) is 0 Å². The molecule has 0 saturated heterocycles. The molecule has 0 aliphatic heterocycles. The summed E-state index contributed by atoms with van der Waals surface area (Å²) in [7, 11) is 0. The molecule has 1 aliphatic rings. The van der Waals surface area contributed by atoms with Crippen molar-refractivity contribution in [2.24, 2.45) is 23.7 Å². The molecule has 0 amide bonds. The number of ether oxygens (including phenoxy) is 2. The van der Waals surface area contributed by atoms with Gasteiger partial charge in [-0.1, -0.05) is 54.4 Å². The van der Waals surface area contributed by atoms with Crippen LogP contribution in [0.1, 0.15) is 80.6 Å². The van der Waals surface area contributed by atoms with E-state index in [2.05, 4.69) is 48.5 Å². The molecule has 0 spiro atoms. The standard InChI is InChI=1S/C20H40O2/c1-8-11-20(7,22-13-15(2)3)14-21-19-12-17(6)9-10-18(19)16(4)5/h15-19H,8-14H2,1-7H3. The van der Waals surface area contributed by atoms with Crippen molar-refractivity contribution in [1.82, 2.24) is 0 Å². The molecule has 1 fully saturated rings. The highest BCUT2D eigenvalue weighted by Gasteiger charge is 2.34. The van der Waals surface area contributed by atoms with Crippen molar-refractivity contribution in [1.29, 1.82) is 0 Å². The van der Waals surface area contributed by atoms with Gasteiger partial charge >= 0.3 is 0 Å². The van der Waals surface area contributed by atoms with E-state index in [9.17, 15) is 0 Å². The Hall–Kier alpha value is -0.0800. The molecule has 0 N–H and O–H groups in total. The molecule has 1 aliphatic carbocycles. The van der Waals surface area contributed by atoms with Crippen LogP contribution in [0, 0.1) is 23.7 Å². The van der Waals surface area contributed by atoms with E-state index in [4.69, 9.17) is 9.47 Å². The van der Waals surface area contributed by atoms with Crippen LogP contribution in [0.5, 0.6) is 0 Å². The molecule has 2 nitrogen and oxygen atoms in total. The summed E-state index contributed by atoms with van der Waals surface area (Å²) in [5, 5.41) is 0. The molecule has 0 aromatic rings. The molecule has 0 bridgehead atoms. The van der Waals surface area contributed by atoms with Crippen molar-refractivity contribution < 1.29 is 9.47 Å². The van der Waals surface area contributed by atoms with Gasteiger partial charge in [0.25, 0.3) is 0 Å². The molecular weight excluding hydrogens is 272 g/mol. The molecule has 4 atom stereocenters. The van der Waals surface area contributed by atoms with Crippen molar-refractivity contribution >= 4 is 0 Å². The summed E-state index contributed by atoms with van der Waals surface area (Å²) < 4.78 is 12.7. The molecule has 22 heavy (non-hydrogen) atoms. The molecular formula is C20H40O2. The first-order valence-electron chi connectivity index (χ1n) is 9.53. The smallest absolute Gasteiger partial charge is 0.0887 e. The van der Waals surface area contributed by atoms with Crippen LogP contribution in [-0.2, 0) is 9.47 Å². The van der Waals surface area contributed by atoms with Gasteiger partial charge < -0.3 is 9.47 Å². The van der Waals surface area contributed by atoms with Crippen molar-refractivity contribution in [3.63, 3.8) is 0 Å². The van der Waals surface area contributed by atoms with E-state index in [0.29, 0.717) is 23.9 Å². The Morgan fingerprint density at radius 1 is 1.14 bits per heavy atom. The predicted molar refractivity (Wildman–Crippen MR) is 95.2 cm³/mol. The first-order chi connectivity index (χ1) is 10.3.